The van der Waals surface area contributed by atoms with Crippen molar-refractivity contribution in [1.82, 2.24) is 0 Å². The molecule has 3 nitrogen and oxygen atoms in total. The summed E-state index contributed by atoms with van der Waals surface area (Å²) >= 11 is 11.9. The highest BCUT2D eigenvalue weighted by molar-refractivity contribution is 6.36. The Labute approximate surface area is 102 Å². The molecule has 2 N–H and O–H groups in total. The van der Waals surface area contributed by atoms with Crippen LogP contribution in [-0.4, -0.2) is 6.21 Å². The number of hydrogen-bond donors (Lipinski definition) is 1. The lowest BCUT2D eigenvalue weighted by Gasteiger charge is -2.00. The highest BCUT2D eigenvalue weighted by Gasteiger charge is 2.08. The van der Waals surface area contributed by atoms with Crippen LogP contribution >= 0.6 is 23.2 Å². The van der Waals surface area contributed by atoms with Gasteiger partial charge < -0.3 is 10.3 Å². The minimum absolute atomic E-state index is 0.540. The summed E-state index contributed by atoms with van der Waals surface area (Å²) < 4.78 is 5.47. The molecule has 0 aliphatic heterocycles. The Kier molecular flexibility index (Phi) is 3.17. The Morgan fingerprint density at radius 1 is 1.19 bits per heavy atom. The van der Waals surface area contributed by atoms with Crippen LogP contribution in [-0.2, 0) is 0 Å². The first-order valence-electron chi connectivity index (χ1n) is 4.49. The Morgan fingerprint density at radius 2 is 2.00 bits per heavy atom. The van der Waals surface area contributed by atoms with Gasteiger partial charge in [-0.2, -0.15) is 5.10 Å². The average Bonchev–Trinajstić information content (AvgIpc) is 2.67. The van der Waals surface area contributed by atoms with Crippen LogP contribution in [0.15, 0.2) is 39.9 Å². The lowest BCUT2D eigenvalue weighted by Crippen LogP contribution is -1.82. The van der Waals surface area contributed by atoms with Crippen molar-refractivity contribution in [1.29, 1.82) is 0 Å². The number of hydrogen-bond acceptors (Lipinski definition) is 3. The monoisotopic (exact) mass is 254 g/mol. The maximum absolute atomic E-state index is 6.05. The normalized spacial score (nSPS) is 11.1. The summed E-state index contributed by atoms with van der Waals surface area (Å²) in [4.78, 5) is 0. The topological polar surface area (TPSA) is 51.5 Å². The molecule has 0 aliphatic carbocycles. The van der Waals surface area contributed by atoms with Gasteiger partial charge in [0.2, 0.25) is 0 Å². The third-order valence-corrected chi connectivity index (χ3v) is 2.57. The van der Waals surface area contributed by atoms with Gasteiger partial charge in [-0.1, -0.05) is 23.2 Å². The molecular weight excluding hydrogens is 247 g/mol. The Hall–Kier alpha value is -1.45. The van der Waals surface area contributed by atoms with Gasteiger partial charge in [-0.25, -0.2) is 0 Å². The van der Waals surface area contributed by atoms with E-state index in [9.17, 15) is 0 Å². The summed E-state index contributed by atoms with van der Waals surface area (Å²) in [6.07, 6.45) is 1.42. The fourth-order valence-electron chi connectivity index (χ4n) is 1.33. The van der Waals surface area contributed by atoms with Crippen LogP contribution in [0.2, 0.25) is 10.0 Å². The zero-order valence-corrected chi connectivity index (χ0v) is 9.66. The first-order valence-corrected chi connectivity index (χ1v) is 5.25. The molecule has 1 heterocycles. The van der Waals surface area contributed by atoms with Gasteiger partial charge in [0.25, 0.3) is 0 Å². The van der Waals surface area contributed by atoms with Gasteiger partial charge in [0, 0.05) is 10.6 Å². The first-order chi connectivity index (χ1) is 7.70. The van der Waals surface area contributed by atoms with Crippen LogP contribution in [0.25, 0.3) is 11.3 Å². The molecule has 0 fully saturated rings. The Balaban J connectivity index is 2.42. The van der Waals surface area contributed by atoms with E-state index in [-0.39, 0.29) is 0 Å². The van der Waals surface area contributed by atoms with Crippen molar-refractivity contribution in [2.24, 2.45) is 10.9 Å². The van der Waals surface area contributed by atoms with E-state index in [1.165, 1.54) is 6.21 Å². The number of nitrogens with zero attached hydrogens (tertiary/aromatic N) is 1. The lowest BCUT2D eigenvalue weighted by molar-refractivity contribution is 0.575. The van der Waals surface area contributed by atoms with E-state index in [4.69, 9.17) is 33.5 Å². The molecule has 0 bridgehead atoms. The number of benzene rings is 1. The zero-order chi connectivity index (χ0) is 11.5. The Bertz CT molecular complexity index is 535. The van der Waals surface area contributed by atoms with Crippen LogP contribution in [0.1, 0.15) is 5.76 Å². The highest BCUT2D eigenvalue weighted by atomic mass is 35.5. The minimum atomic E-state index is 0.540. The van der Waals surface area contributed by atoms with Crippen LogP contribution in [0, 0.1) is 0 Å². The average molecular weight is 255 g/mol. The van der Waals surface area contributed by atoms with E-state index in [2.05, 4.69) is 5.10 Å². The second-order valence-corrected chi connectivity index (χ2v) is 3.95. The molecule has 0 radical (unpaired) electrons. The molecule has 16 heavy (non-hydrogen) atoms. The molecule has 0 unspecified atom stereocenters. The highest BCUT2D eigenvalue weighted by Crippen LogP contribution is 2.31. The molecule has 5 heteroatoms. The summed E-state index contributed by atoms with van der Waals surface area (Å²) in [6.45, 7) is 0. The van der Waals surface area contributed by atoms with Crippen LogP contribution in [0.4, 0.5) is 0 Å². The SMILES string of the molecule is N/N=C/c1ccc(-c2ccc(Cl)cc2Cl)o1. The number of rotatable bonds is 2. The van der Waals surface area contributed by atoms with Gasteiger partial charge in [0.1, 0.15) is 11.5 Å². The smallest absolute Gasteiger partial charge is 0.147 e. The van der Waals surface area contributed by atoms with Crippen molar-refractivity contribution < 1.29 is 4.42 Å². The van der Waals surface area contributed by atoms with E-state index < -0.39 is 0 Å². The quantitative estimate of drug-likeness (QED) is 0.506. The molecule has 1 aromatic carbocycles. The van der Waals surface area contributed by atoms with Crippen molar-refractivity contribution >= 4 is 29.4 Å². The predicted molar refractivity (Wildman–Crippen MR) is 65.9 cm³/mol. The fraction of sp³-hybridized carbons (Fsp3) is 0. The minimum Gasteiger partial charge on any atom is -0.455 e. The molecule has 1 aromatic heterocycles. The fourth-order valence-corrected chi connectivity index (χ4v) is 1.83. The molecule has 0 aliphatic rings. The molecule has 0 amide bonds. The largest absolute Gasteiger partial charge is 0.455 e. The molecule has 0 saturated heterocycles. The number of furan rings is 1. The van der Waals surface area contributed by atoms with Gasteiger partial charge in [-0.15, -0.1) is 0 Å². The first kappa shape index (κ1) is 11.0. The second kappa shape index (κ2) is 4.60. The number of nitrogens with two attached hydrogens (primary N) is 1. The summed E-state index contributed by atoms with van der Waals surface area (Å²) in [5.41, 5.74) is 0.780. The van der Waals surface area contributed by atoms with Gasteiger partial charge in [0.15, 0.2) is 0 Å². The third kappa shape index (κ3) is 2.21. The molecule has 0 spiro atoms. The van der Waals surface area contributed by atoms with E-state index in [0.29, 0.717) is 21.6 Å². The predicted octanol–water partition coefficient (Wildman–Crippen LogP) is 3.55. The van der Waals surface area contributed by atoms with Crippen LogP contribution < -0.4 is 5.84 Å². The molecule has 82 valence electrons. The summed E-state index contributed by atoms with van der Waals surface area (Å²) in [7, 11) is 0. The van der Waals surface area contributed by atoms with Crippen molar-refractivity contribution in [2.75, 3.05) is 0 Å². The zero-order valence-electron chi connectivity index (χ0n) is 8.15. The van der Waals surface area contributed by atoms with Gasteiger partial charge in [-0.05, 0) is 30.3 Å². The second-order valence-electron chi connectivity index (χ2n) is 3.10. The summed E-state index contributed by atoms with van der Waals surface area (Å²) in [6, 6.07) is 8.77. The van der Waals surface area contributed by atoms with Crippen LogP contribution in [0.5, 0.6) is 0 Å². The number of hydrazone groups is 1. The van der Waals surface area contributed by atoms with Gasteiger partial charge >= 0.3 is 0 Å². The van der Waals surface area contributed by atoms with Crippen molar-refractivity contribution in [2.45, 2.75) is 0 Å². The number of halogens is 2. The third-order valence-electron chi connectivity index (χ3n) is 2.03. The van der Waals surface area contributed by atoms with Crippen molar-refractivity contribution in [3.8, 4) is 11.3 Å². The van der Waals surface area contributed by atoms with Gasteiger partial charge in [0.05, 0.1) is 11.2 Å². The van der Waals surface area contributed by atoms with E-state index >= 15 is 0 Å². The maximum atomic E-state index is 6.05. The molecular formula is C11H8Cl2N2O. The molecule has 0 atom stereocenters. The van der Waals surface area contributed by atoms with Crippen LogP contribution in [0.3, 0.4) is 0 Å². The summed E-state index contributed by atoms with van der Waals surface area (Å²) in [5.74, 6) is 6.25. The van der Waals surface area contributed by atoms with Gasteiger partial charge in [-0.3, -0.25) is 0 Å². The van der Waals surface area contributed by atoms with E-state index in [1.807, 2.05) is 0 Å². The van der Waals surface area contributed by atoms with E-state index in [1.54, 1.807) is 30.3 Å². The van der Waals surface area contributed by atoms with Crippen molar-refractivity contribution in [3.05, 3.63) is 46.1 Å². The van der Waals surface area contributed by atoms with Crippen molar-refractivity contribution in [3.63, 3.8) is 0 Å². The lowest BCUT2D eigenvalue weighted by atomic mass is 10.2. The Morgan fingerprint density at radius 3 is 2.69 bits per heavy atom. The molecule has 2 rings (SSSR count). The summed E-state index contributed by atoms with van der Waals surface area (Å²) in [5, 5.41) is 4.50. The molecule has 0 saturated carbocycles. The maximum Gasteiger partial charge on any atom is 0.147 e. The van der Waals surface area contributed by atoms with E-state index in [0.717, 1.165) is 5.56 Å². The standard InChI is InChI=1S/C11H8Cl2N2O/c12-7-1-3-9(10(13)5-7)11-4-2-8(16-11)6-15-14/h1-6H,14H2/b15-6+. The molecule has 2 aromatic rings.